The molecule has 0 aliphatic carbocycles. The first-order valence-electron chi connectivity index (χ1n) is 10.4. The Balaban J connectivity index is 2.19. The minimum absolute atomic E-state index is 0.0566. The summed E-state index contributed by atoms with van der Waals surface area (Å²) in [5.74, 6) is 0.709. The average molecular weight is 501 g/mol. The second kappa shape index (κ2) is 12.9. The summed E-state index contributed by atoms with van der Waals surface area (Å²) in [6, 6.07) is 7.76. The van der Waals surface area contributed by atoms with Crippen molar-refractivity contribution in [2.75, 3.05) is 33.9 Å². The lowest BCUT2D eigenvalue weighted by molar-refractivity contribution is -0.140. The van der Waals surface area contributed by atoms with Crippen LogP contribution >= 0.6 is 34.5 Å². The molecule has 0 saturated heterocycles. The normalized spacial score (nSPS) is 10.8. The number of amides is 2. The maximum atomic E-state index is 13.2. The van der Waals surface area contributed by atoms with Gasteiger partial charge >= 0.3 is 0 Å². The van der Waals surface area contributed by atoms with E-state index in [0.29, 0.717) is 44.0 Å². The van der Waals surface area contributed by atoms with Gasteiger partial charge in [0.1, 0.15) is 0 Å². The number of halogens is 2. The Kier molecular flexibility index (Phi) is 10.6. The van der Waals surface area contributed by atoms with Crippen LogP contribution in [0.4, 0.5) is 0 Å². The summed E-state index contributed by atoms with van der Waals surface area (Å²) in [5, 5.41) is 2.01. The lowest BCUT2D eigenvalue weighted by Crippen LogP contribution is -2.45. The van der Waals surface area contributed by atoms with Gasteiger partial charge in [-0.05, 0) is 54.5 Å². The van der Waals surface area contributed by atoms with Crippen molar-refractivity contribution in [1.29, 1.82) is 0 Å². The second-order valence-corrected chi connectivity index (χ2v) is 9.44. The van der Waals surface area contributed by atoms with Gasteiger partial charge < -0.3 is 19.3 Å². The fourth-order valence-electron chi connectivity index (χ4n) is 3.27. The summed E-state index contributed by atoms with van der Waals surface area (Å²) in [4.78, 5) is 28.7. The van der Waals surface area contributed by atoms with Crippen molar-refractivity contribution in [3.05, 3.63) is 45.6 Å². The lowest BCUT2D eigenvalue weighted by atomic mass is 10.1. The van der Waals surface area contributed by atoms with Crippen LogP contribution in [0.5, 0.6) is 11.5 Å². The Morgan fingerprint density at radius 1 is 1.06 bits per heavy atom. The highest BCUT2D eigenvalue weighted by Gasteiger charge is 2.25. The van der Waals surface area contributed by atoms with Crippen molar-refractivity contribution in [3.8, 4) is 11.5 Å². The molecule has 2 aromatic rings. The first-order valence-corrected chi connectivity index (χ1v) is 12.1. The molecular formula is C23H30Cl2N2O4S. The van der Waals surface area contributed by atoms with Crippen LogP contribution in [0.1, 0.15) is 29.3 Å². The largest absolute Gasteiger partial charge is 0.493 e. The van der Waals surface area contributed by atoms with E-state index in [9.17, 15) is 9.59 Å². The third kappa shape index (κ3) is 7.29. The van der Waals surface area contributed by atoms with Crippen molar-refractivity contribution < 1.29 is 19.1 Å². The Morgan fingerprint density at radius 2 is 1.78 bits per heavy atom. The van der Waals surface area contributed by atoms with Crippen LogP contribution in [0.25, 0.3) is 0 Å². The molecule has 0 aliphatic heterocycles. The molecule has 0 saturated carbocycles. The van der Waals surface area contributed by atoms with Gasteiger partial charge in [0.25, 0.3) is 5.91 Å². The smallest absolute Gasteiger partial charge is 0.256 e. The van der Waals surface area contributed by atoms with E-state index in [-0.39, 0.29) is 12.5 Å². The summed E-state index contributed by atoms with van der Waals surface area (Å²) in [5.41, 5.74) is 2.16. The minimum Gasteiger partial charge on any atom is -0.493 e. The predicted molar refractivity (Wildman–Crippen MR) is 130 cm³/mol. The molecule has 0 aliphatic rings. The Morgan fingerprint density at radius 3 is 2.34 bits per heavy atom. The highest BCUT2D eigenvalue weighted by Crippen LogP contribution is 2.28. The van der Waals surface area contributed by atoms with Gasteiger partial charge in [0.2, 0.25) is 5.91 Å². The summed E-state index contributed by atoms with van der Waals surface area (Å²) in [6.07, 6.45) is 1.33. The maximum Gasteiger partial charge on any atom is 0.256 e. The number of benzene rings is 1. The molecule has 6 nitrogen and oxygen atoms in total. The quantitative estimate of drug-likeness (QED) is 0.396. The summed E-state index contributed by atoms with van der Waals surface area (Å²) >= 11 is 13.2. The fraction of sp³-hybridized carbons (Fsp3) is 0.478. The van der Waals surface area contributed by atoms with Crippen LogP contribution in [0.15, 0.2) is 29.6 Å². The molecule has 0 radical (unpaired) electrons. The van der Waals surface area contributed by atoms with Gasteiger partial charge in [-0.25, -0.2) is 0 Å². The molecule has 0 unspecified atom stereocenters. The summed E-state index contributed by atoms with van der Waals surface area (Å²) in [6.45, 7) is 5.30. The SMILES string of the molecule is CCCN(CC(=O)N(CCc1ccc(OC)c(OC)c1)Cc1sccc1C)C(=O)C(Cl)Cl. The number of aryl methyl sites for hydroxylation is 1. The molecule has 1 aromatic heterocycles. The number of hydrogen-bond acceptors (Lipinski definition) is 5. The topological polar surface area (TPSA) is 59.1 Å². The number of rotatable bonds is 12. The van der Waals surface area contributed by atoms with Gasteiger partial charge in [-0.1, -0.05) is 36.2 Å². The predicted octanol–water partition coefficient (Wildman–Crippen LogP) is 4.69. The van der Waals surface area contributed by atoms with E-state index in [1.54, 1.807) is 30.5 Å². The number of nitrogens with zero attached hydrogens (tertiary/aromatic N) is 2. The first kappa shape index (κ1) is 26.3. The van der Waals surface area contributed by atoms with Crippen LogP contribution in [-0.4, -0.2) is 60.3 Å². The number of ether oxygens (including phenoxy) is 2. The van der Waals surface area contributed by atoms with Crippen molar-refractivity contribution in [2.24, 2.45) is 0 Å². The van der Waals surface area contributed by atoms with Crippen LogP contribution < -0.4 is 9.47 Å². The zero-order valence-electron chi connectivity index (χ0n) is 18.9. The Hall–Kier alpha value is -1.96. The number of alkyl halides is 2. The molecule has 9 heteroatoms. The third-order valence-electron chi connectivity index (χ3n) is 5.09. The van der Waals surface area contributed by atoms with Crippen LogP contribution in [-0.2, 0) is 22.6 Å². The van der Waals surface area contributed by atoms with Crippen molar-refractivity contribution in [3.63, 3.8) is 0 Å². The van der Waals surface area contributed by atoms with Crippen LogP contribution in [0, 0.1) is 6.92 Å². The van der Waals surface area contributed by atoms with E-state index in [4.69, 9.17) is 32.7 Å². The highest BCUT2D eigenvalue weighted by atomic mass is 35.5. The number of thiophene rings is 1. The molecule has 0 N–H and O–H groups in total. The standard InChI is InChI=1S/C23H30Cl2N2O4S/c1-5-10-27(23(29)22(24)25)15-21(28)26(14-20-16(2)9-12-32-20)11-8-17-6-7-18(30-3)19(13-17)31-4/h6-7,9,12-13,22H,5,8,10-11,14-15H2,1-4H3. The third-order valence-corrected chi connectivity index (χ3v) is 6.47. The van der Waals surface area contributed by atoms with Crippen LogP contribution in [0.3, 0.4) is 0 Å². The van der Waals surface area contributed by atoms with Crippen molar-refractivity contribution >= 4 is 46.4 Å². The molecule has 176 valence electrons. The molecule has 2 rings (SSSR count). The summed E-state index contributed by atoms with van der Waals surface area (Å²) in [7, 11) is 3.19. The minimum atomic E-state index is -1.19. The van der Waals surface area contributed by atoms with Gasteiger partial charge in [0, 0.05) is 18.0 Å². The number of carbonyl (C=O) groups excluding carboxylic acids is 2. The average Bonchev–Trinajstić information content (AvgIpc) is 3.19. The molecule has 1 heterocycles. The molecule has 1 aromatic carbocycles. The second-order valence-electron chi connectivity index (χ2n) is 7.34. The molecule has 0 fully saturated rings. The first-order chi connectivity index (χ1) is 15.3. The monoisotopic (exact) mass is 500 g/mol. The Labute approximate surface area is 204 Å². The van der Waals surface area contributed by atoms with E-state index < -0.39 is 10.7 Å². The fourth-order valence-corrected chi connectivity index (χ4v) is 4.47. The lowest BCUT2D eigenvalue weighted by Gasteiger charge is -2.28. The summed E-state index contributed by atoms with van der Waals surface area (Å²) < 4.78 is 10.7. The maximum absolute atomic E-state index is 13.2. The van der Waals surface area contributed by atoms with E-state index in [1.807, 2.05) is 43.5 Å². The van der Waals surface area contributed by atoms with E-state index in [2.05, 4.69) is 0 Å². The zero-order chi connectivity index (χ0) is 23.7. The van der Waals surface area contributed by atoms with Crippen molar-refractivity contribution in [2.45, 2.75) is 38.1 Å². The molecular weight excluding hydrogens is 471 g/mol. The number of carbonyl (C=O) groups is 2. The van der Waals surface area contributed by atoms with Gasteiger partial charge in [-0.3, -0.25) is 9.59 Å². The van der Waals surface area contributed by atoms with Gasteiger partial charge in [0.15, 0.2) is 16.3 Å². The van der Waals surface area contributed by atoms with E-state index >= 15 is 0 Å². The van der Waals surface area contributed by atoms with Gasteiger partial charge in [0.05, 0.1) is 27.3 Å². The molecule has 0 atom stereocenters. The van der Waals surface area contributed by atoms with Crippen LogP contribution in [0.2, 0.25) is 0 Å². The number of hydrogen-bond donors (Lipinski definition) is 0. The zero-order valence-corrected chi connectivity index (χ0v) is 21.2. The Bertz CT molecular complexity index is 904. The van der Waals surface area contributed by atoms with Gasteiger partial charge in [-0.15, -0.1) is 11.3 Å². The van der Waals surface area contributed by atoms with Crippen molar-refractivity contribution in [1.82, 2.24) is 9.80 Å². The molecule has 32 heavy (non-hydrogen) atoms. The van der Waals surface area contributed by atoms with E-state index in [1.165, 1.54) is 4.90 Å². The molecule has 0 spiro atoms. The highest BCUT2D eigenvalue weighted by molar-refractivity contribution is 7.10. The van der Waals surface area contributed by atoms with Gasteiger partial charge in [-0.2, -0.15) is 0 Å². The number of methoxy groups -OCH3 is 2. The van der Waals surface area contributed by atoms with E-state index in [0.717, 1.165) is 16.0 Å². The molecule has 2 amide bonds. The molecule has 0 bridgehead atoms.